The molecule has 2 aliphatic rings. The van der Waals surface area contributed by atoms with Crippen LogP contribution in [0.15, 0.2) is 46.2 Å². The molecule has 1 unspecified atom stereocenters. The van der Waals surface area contributed by atoms with Crippen LogP contribution in [0.5, 0.6) is 0 Å². The number of nitrogens with one attached hydrogen (secondary N) is 1. The SMILES string of the molecule is Cc1onc(-c2ccc(Cl)cc2)c1[N+]1(C(=O)NC2CC2)C=CC=N1. The van der Waals surface area contributed by atoms with E-state index in [1.807, 2.05) is 12.1 Å². The fraction of sp³-hybridized carbons (Fsp3) is 0.235. The third kappa shape index (κ3) is 2.44. The first-order valence-corrected chi connectivity index (χ1v) is 8.14. The monoisotopic (exact) mass is 343 g/mol. The molecule has 122 valence electrons. The Morgan fingerprint density at radius 3 is 2.71 bits per heavy atom. The van der Waals surface area contributed by atoms with Gasteiger partial charge in [0.2, 0.25) is 5.69 Å². The summed E-state index contributed by atoms with van der Waals surface area (Å²) in [6.45, 7) is 1.79. The molecule has 0 bridgehead atoms. The number of allylic oxidation sites excluding steroid dienone is 1. The lowest BCUT2D eigenvalue weighted by Gasteiger charge is -2.22. The molecule has 1 aromatic heterocycles. The number of aromatic nitrogens is 1. The van der Waals surface area contributed by atoms with Crippen molar-refractivity contribution >= 4 is 29.5 Å². The second kappa shape index (κ2) is 5.58. The summed E-state index contributed by atoms with van der Waals surface area (Å²) in [7, 11) is 0. The van der Waals surface area contributed by atoms with Crippen LogP contribution in [-0.4, -0.2) is 23.4 Å². The summed E-state index contributed by atoms with van der Waals surface area (Å²) >= 11 is 5.97. The number of rotatable bonds is 3. The molecule has 7 heteroatoms. The largest absolute Gasteiger partial charge is 0.453 e. The van der Waals surface area contributed by atoms with Gasteiger partial charge in [0.1, 0.15) is 6.20 Å². The summed E-state index contributed by atoms with van der Waals surface area (Å²) in [4.78, 5) is 12.9. The van der Waals surface area contributed by atoms with Gasteiger partial charge in [-0.2, -0.15) is 0 Å². The number of benzene rings is 1. The smallest absolute Gasteiger partial charge is 0.354 e. The highest BCUT2D eigenvalue weighted by atomic mass is 35.5. The number of carbonyl (C=O) groups excluding carboxylic acids is 1. The zero-order chi connectivity index (χ0) is 16.7. The molecule has 1 atom stereocenters. The molecule has 2 aromatic rings. The lowest BCUT2D eigenvalue weighted by Crippen LogP contribution is -2.50. The van der Waals surface area contributed by atoms with Crippen molar-refractivity contribution in [2.45, 2.75) is 25.8 Å². The number of amides is 2. The van der Waals surface area contributed by atoms with Crippen molar-refractivity contribution in [2.24, 2.45) is 5.10 Å². The van der Waals surface area contributed by atoms with E-state index in [4.69, 9.17) is 16.1 Å². The fourth-order valence-corrected chi connectivity index (χ4v) is 2.89. The average molecular weight is 344 g/mol. The van der Waals surface area contributed by atoms with Gasteiger partial charge in [-0.25, -0.2) is 4.79 Å². The van der Waals surface area contributed by atoms with E-state index < -0.39 is 0 Å². The minimum atomic E-state index is -0.316. The lowest BCUT2D eigenvalue weighted by atomic mass is 10.1. The van der Waals surface area contributed by atoms with E-state index in [2.05, 4.69) is 15.6 Å². The molecule has 1 aliphatic heterocycles. The van der Waals surface area contributed by atoms with Crippen molar-refractivity contribution < 1.29 is 9.32 Å². The van der Waals surface area contributed by atoms with Gasteiger partial charge in [0.15, 0.2) is 11.5 Å². The maximum Gasteiger partial charge on any atom is 0.453 e. The number of hydrogen-bond acceptors (Lipinski definition) is 4. The predicted octanol–water partition coefficient (Wildman–Crippen LogP) is 4.00. The van der Waals surface area contributed by atoms with Crippen LogP contribution in [0.3, 0.4) is 0 Å². The molecular weight excluding hydrogens is 328 g/mol. The molecule has 1 saturated carbocycles. The Labute approximate surface area is 144 Å². The molecule has 1 fully saturated rings. The molecular formula is C17H16ClN4O2+. The molecule has 0 radical (unpaired) electrons. The fourth-order valence-electron chi connectivity index (χ4n) is 2.77. The van der Waals surface area contributed by atoms with Gasteiger partial charge in [-0.05, 0) is 25.0 Å². The number of nitrogens with zero attached hydrogens (tertiary/aromatic N) is 3. The molecule has 2 amide bonds. The van der Waals surface area contributed by atoms with E-state index in [0.29, 0.717) is 22.2 Å². The molecule has 6 nitrogen and oxygen atoms in total. The zero-order valence-corrected chi connectivity index (χ0v) is 13.8. The molecule has 1 aromatic carbocycles. The van der Waals surface area contributed by atoms with Crippen LogP contribution in [-0.2, 0) is 0 Å². The van der Waals surface area contributed by atoms with Crippen molar-refractivity contribution in [2.75, 3.05) is 0 Å². The topological polar surface area (TPSA) is 67.5 Å². The molecule has 1 N–H and O–H groups in total. The van der Waals surface area contributed by atoms with Gasteiger partial charge in [0, 0.05) is 29.6 Å². The Morgan fingerprint density at radius 1 is 1.33 bits per heavy atom. The van der Waals surface area contributed by atoms with E-state index >= 15 is 0 Å². The van der Waals surface area contributed by atoms with E-state index in [1.54, 1.807) is 37.5 Å². The molecule has 24 heavy (non-hydrogen) atoms. The number of halogens is 1. The summed E-state index contributed by atoms with van der Waals surface area (Å²) in [5.41, 5.74) is 2.01. The van der Waals surface area contributed by atoms with E-state index in [9.17, 15) is 4.79 Å². The van der Waals surface area contributed by atoms with Crippen molar-refractivity contribution in [3.63, 3.8) is 0 Å². The molecule has 0 spiro atoms. The van der Waals surface area contributed by atoms with Gasteiger partial charge >= 0.3 is 6.03 Å². The van der Waals surface area contributed by atoms with E-state index in [-0.39, 0.29) is 16.7 Å². The molecule has 1 aliphatic carbocycles. The van der Waals surface area contributed by atoms with Crippen LogP contribution in [0.4, 0.5) is 10.5 Å². The van der Waals surface area contributed by atoms with Crippen LogP contribution >= 0.6 is 11.6 Å². The average Bonchev–Trinajstić information content (AvgIpc) is 3.09. The number of quaternary nitrogens is 1. The van der Waals surface area contributed by atoms with Crippen LogP contribution in [0.25, 0.3) is 11.3 Å². The minimum Gasteiger partial charge on any atom is -0.354 e. The summed E-state index contributed by atoms with van der Waals surface area (Å²) in [6, 6.07) is 7.29. The number of hydrogen-bond donors (Lipinski definition) is 1. The highest BCUT2D eigenvalue weighted by Crippen LogP contribution is 2.40. The highest BCUT2D eigenvalue weighted by molar-refractivity contribution is 6.30. The second-order valence-corrected chi connectivity index (χ2v) is 6.39. The van der Waals surface area contributed by atoms with Crippen LogP contribution < -0.4 is 9.91 Å². The number of carbonyl (C=O) groups is 1. The van der Waals surface area contributed by atoms with Gasteiger partial charge in [-0.3, -0.25) is 5.32 Å². The van der Waals surface area contributed by atoms with Gasteiger partial charge in [-0.1, -0.05) is 38.6 Å². The third-order valence-corrected chi connectivity index (χ3v) is 4.39. The molecule has 2 heterocycles. The summed E-state index contributed by atoms with van der Waals surface area (Å²) in [6.07, 6.45) is 7.11. The Bertz CT molecular complexity index is 838. The lowest BCUT2D eigenvalue weighted by molar-refractivity contribution is 0.216. The summed E-state index contributed by atoms with van der Waals surface area (Å²) in [5.74, 6) is 0.551. The predicted molar refractivity (Wildman–Crippen MR) is 92.7 cm³/mol. The first-order chi connectivity index (χ1) is 11.6. The normalized spacial score (nSPS) is 22.1. The Morgan fingerprint density at radius 2 is 2.08 bits per heavy atom. The Balaban J connectivity index is 1.83. The van der Waals surface area contributed by atoms with Gasteiger partial charge in [-0.15, -0.1) is 0 Å². The number of urea groups is 1. The van der Waals surface area contributed by atoms with Crippen molar-refractivity contribution in [3.8, 4) is 11.3 Å². The Hall–Kier alpha value is -2.44. The zero-order valence-electron chi connectivity index (χ0n) is 13.1. The quantitative estimate of drug-likeness (QED) is 0.856. The highest BCUT2D eigenvalue weighted by Gasteiger charge is 2.48. The first kappa shape index (κ1) is 15.1. The van der Waals surface area contributed by atoms with Crippen molar-refractivity contribution in [3.05, 3.63) is 47.3 Å². The van der Waals surface area contributed by atoms with Crippen molar-refractivity contribution in [1.29, 1.82) is 0 Å². The molecule has 0 saturated heterocycles. The van der Waals surface area contributed by atoms with Crippen LogP contribution in [0.2, 0.25) is 5.02 Å². The summed E-state index contributed by atoms with van der Waals surface area (Å²) < 4.78 is 5.09. The minimum absolute atomic E-state index is 0.205. The van der Waals surface area contributed by atoms with Gasteiger partial charge < -0.3 is 4.52 Å². The van der Waals surface area contributed by atoms with Gasteiger partial charge in [0.25, 0.3) is 0 Å². The van der Waals surface area contributed by atoms with E-state index in [1.165, 1.54) is 0 Å². The van der Waals surface area contributed by atoms with Crippen molar-refractivity contribution in [1.82, 2.24) is 15.1 Å². The molecule has 4 rings (SSSR count). The second-order valence-electron chi connectivity index (χ2n) is 5.96. The van der Waals surface area contributed by atoms with E-state index in [0.717, 1.165) is 18.4 Å². The van der Waals surface area contributed by atoms with Gasteiger partial charge in [0.05, 0.1) is 6.21 Å². The first-order valence-electron chi connectivity index (χ1n) is 7.76. The standard InChI is InChI=1S/C17H15ClN4O2/c1-11-16(15(21-24-11)12-3-5-13(18)6-4-12)22(10-2-9-19-22)17(23)20-14-7-8-14/h2-6,9-10,14H,7-8H2,1H3/p+1. The van der Waals surface area contributed by atoms with Crippen LogP contribution in [0.1, 0.15) is 18.6 Å². The third-order valence-electron chi connectivity index (χ3n) is 4.14. The number of aryl methyl sites for hydroxylation is 1. The summed E-state index contributed by atoms with van der Waals surface area (Å²) in [5, 5.41) is 12.2. The Kier molecular flexibility index (Phi) is 3.51. The maximum atomic E-state index is 12.9. The maximum absolute atomic E-state index is 12.9. The van der Waals surface area contributed by atoms with Crippen LogP contribution in [0, 0.1) is 6.92 Å².